The minimum absolute atomic E-state index is 0.118. The van der Waals surface area contributed by atoms with Crippen LogP contribution in [0.15, 0.2) is 53.0 Å². The fraction of sp³-hybridized carbons (Fsp3) is 0.176. The molecule has 2 aromatic carbocycles. The van der Waals surface area contributed by atoms with Crippen LogP contribution < -0.4 is 10.1 Å². The zero-order valence-electron chi connectivity index (χ0n) is 11.6. The molecule has 1 aliphatic rings. The van der Waals surface area contributed by atoms with Crippen molar-refractivity contribution in [1.29, 1.82) is 0 Å². The molecular weight excluding hydrogens is 352 g/mol. The Balaban J connectivity index is 1.67. The highest BCUT2D eigenvalue weighted by Crippen LogP contribution is 2.33. The summed E-state index contributed by atoms with van der Waals surface area (Å²) in [5, 5.41) is 3.41. The molecule has 114 valence electrons. The normalized spacial score (nSPS) is 16.1. The minimum atomic E-state index is -2.80. The van der Waals surface area contributed by atoms with Crippen LogP contribution in [0.4, 0.5) is 8.78 Å². The van der Waals surface area contributed by atoms with Gasteiger partial charge in [0.15, 0.2) is 0 Å². The average Bonchev–Trinajstić information content (AvgIpc) is 2.89. The molecule has 2 aromatic rings. The van der Waals surface area contributed by atoms with E-state index in [9.17, 15) is 8.78 Å². The topological polar surface area (TPSA) is 21.3 Å². The van der Waals surface area contributed by atoms with Gasteiger partial charge >= 0.3 is 6.61 Å². The molecule has 0 spiro atoms. The van der Waals surface area contributed by atoms with Crippen LogP contribution in [0.3, 0.4) is 0 Å². The number of hydrogen-bond donors (Lipinski definition) is 1. The van der Waals surface area contributed by atoms with Gasteiger partial charge in [0.25, 0.3) is 0 Å². The van der Waals surface area contributed by atoms with E-state index in [1.54, 1.807) is 12.1 Å². The Hall–Kier alpha value is -1.72. The van der Waals surface area contributed by atoms with Gasteiger partial charge in [0.05, 0.1) is 6.04 Å². The van der Waals surface area contributed by atoms with Gasteiger partial charge in [-0.15, -0.1) is 0 Å². The van der Waals surface area contributed by atoms with Gasteiger partial charge in [0, 0.05) is 11.0 Å². The number of nitrogens with one attached hydrogen (secondary N) is 1. The van der Waals surface area contributed by atoms with Gasteiger partial charge in [-0.3, -0.25) is 0 Å². The van der Waals surface area contributed by atoms with Gasteiger partial charge in [-0.05, 0) is 34.9 Å². The number of halogens is 3. The molecule has 0 radical (unpaired) electrons. The summed E-state index contributed by atoms with van der Waals surface area (Å²) in [6.07, 6.45) is 4.17. The van der Waals surface area contributed by atoms with E-state index in [2.05, 4.69) is 44.2 Å². The molecule has 0 bridgehead atoms. The maximum Gasteiger partial charge on any atom is 0.387 e. The Morgan fingerprint density at radius 3 is 2.82 bits per heavy atom. The molecule has 2 nitrogen and oxygen atoms in total. The van der Waals surface area contributed by atoms with Crippen molar-refractivity contribution in [3.63, 3.8) is 0 Å². The molecule has 0 saturated carbocycles. The monoisotopic (exact) mass is 365 g/mol. The maximum absolute atomic E-state index is 12.2. The van der Waals surface area contributed by atoms with Crippen molar-refractivity contribution in [2.75, 3.05) is 0 Å². The molecule has 0 amide bonds. The second-order valence-corrected chi connectivity index (χ2v) is 5.84. The Labute approximate surface area is 135 Å². The molecule has 5 heteroatoms. The van der Waals surface area contributed by atoms with Crippen LogP contribution in [0.5, 0.6) is 5.75 Å². The largest absolute Gasteiger partial charge is 0.435 e. The highest BCUT2D eigenvalue weighted by Gasteiger charge is 2.18. The molecule has 1 unspecified atom stereocenters. The van der Waals surface area contributed by atoms with E-state index < -0.39 is 6.61 Å². The standard InChI is InChI=1S/C17H14BrF2NO/c18-15-6-2-5-14-13(15)7-8-16(14)21-10-11-3-1-4-12(9-11)22-17(19)20/h1-9,16-17,21H,10H2. The average molecular weight is 366 g/mol. The first-order valence-corrected chi connectivity index (χ1v) is 7.66. The second-order valence-electron chi connectivity index (χ2n) is 4.99. The molecular formula is C17H14BrF2NO. The van der Waals surface area contributed by atoms with Crippen molar-refractivity contribution in [2.24, 2.45) is 0 Å². The lowest BCUT2D eigenvalue weighted by atomic mass is 10.1. The number of alkyl halides is 2. The third-order valence-corrected chi connectivity index (χ3v) is 4.22. The predicted octanol–water partition coefficient (Wildman–Crippen LogP) is 4.91. The molecule has 0 aliphatic heterocycles. The zero-order valence-corrected chi connectivity index (χ0v) is 13.2. The van der Waals surface area contributed by atoms with Crippen LogP contribution in [0.2, 0.25) is 0 Å². The molecule has 1 N–H and O–H groups in total. The van der Waals surface area contributed by atoms with Crippen molar-refractivity contribution < 1.29 is 13.5 Å². The number of rotatable bonds is 5. The van der Waals surface area contributed by atoms with Crippen LogP contribution in [-0.2, 0) is 6.54 Å². The Bertz CT molecular complexity index is 703. The highest BCUT2D eigenvalue weighted by molar-refractivity contribution is 9.10. The quantitative estimate of drug-likeness (QED) is 0.812. The van der Waals surface area contributed by atoms with E-state index in [0.29, 0.717) is 6.54 Å². The molecule has 0 saturated heterocycles. The van der Waals surface area contributed by atoms with Gasteiger partial charge in [0.2, 0.25) is 0 Å². The van der Waals surface area contributed by atoms with E-state index >= 15 is 0 Å². The lowest BCUT2D eigenvalue weighted by Crippen LogP contribution is -2.18. The van der Waals surface area contributed by atoms with Crippen molar-refractivity contribution >= 4 is 22.0 Å². The number of ether oxygens (including phenoxy) is 1. The van der Waals surface area contributed by atoms with Crippen molar-refractivity contribution in [3.8, 4) is 5.75 Å². The molecule has 22 heavy (non-hydrogen) atoms. The van der Waals surface area contributed by atoms with Crippen molar-refractivity contribution in [3.05, 3.63) is 69.7 Å². The van der Waals surface area contributed by atoms with Crippen LogP contribution in [-0.4, -0.2) is 6.61 Å². The smallest absolute Gasteiger partial charge is 0.387 e. The van der Waals surface area contributed by atoms with E-state index in [1.165, 1.54) is 17.2 Å². The van der Waals surface area contributed by atoms with E-state index in [1.807, 2.05) is 18.2 Å². The number of fused-ring (bicyclic) bond motifs is 1. The molecule has 1 aliphatic carbocycles. The third kappa shape index (κ3) is 3.36. The lowest BCUT2D eigenvalue weighted by molar-refractivity contribution is -0.0498. The fourth-order valence-corrected chi connectivity index (χ4v) is 3.05. The summed E-state index contributed by atoms with van der Waals surface area (Å²) in [5.74, 6) is 0.180. The van der Waals surface area contributed by atoms with E-state index in [0.717, 1.165) is 10.0 Å². The molecule has 0 heterocycles. The number of benzene rings is 2. The van der Waals surface area contributed by atoms with E-state index in [4.69, 9.17) is 0 Å². The summed E-state index contributed by atoms with van der Waals surface area (Å²) in [6, 6.07) is 13.0. The molecule has 3 rings (SSSR count). The summed E-state index contributed by atoms with van der Waals surface area (Å²) in [4.78, 5) is 0. The lowest BCUT2D eigenvalue weighted by Gasteiger charge is -2.14. The van der Waals surface area contributed by atoms with Crippen LogP contribution in [0, 0.1) is 0 Å². The fourth-order valence-electron chi connectivity index (χ4n) is 2.53. The Morgan fingerprint density at radius 2 is 2.00 bits per heavy atom. The van der Waals surface area contributed by atoms with E-state index in [-0.39, 0.29) is 11.8 Å². The summed E-state index contributed by atoms with van der Waals surface area (Å²) < 4.78 is 30.0. The Kier molecular flexibility index (Phi) is 4.55. The molecule has 1 atom stereocenters. The summed E-state index contributed by atoms with van der Waals surface area (Å²) in [6.45, 7) is -2.23. The molecule has 0 fully saturated rings. The maximum atomic E-state index is 12.2. The van der Waals surface area contributed by atoms with Gasteiger partial charge in [0.1, 0.15) is 5.75 Å². The molecule has 0 aromatic heterocycles. The first-order chi connectivity index (χ1) is 10.6. The summed E-state index contributed by atoms with van der Waals surface area (Å²) in [7, 11) is 0. The highest BCUT2D eigenvalue weighted by atomic mass is 79.9. The van der Waals surface area contributed by atoms with Gasteiger partial charge in [-0.1, -0.05) is 52.3 Å². The predicted molar refractivity (Wildman–Crippen MR) is 85.8 cm³/mol. The minimum Gasteiger partial charge on any atom is -0.435 e. The van der Waals surface area contributed by atoms with Gasteiger partial charge in [-0.2, -0.15) is 8.78 Å². The third-order valence-electron chi connectivity index (χ3n) is 3.53. The first kappa shape index (κ1) is 15.2. The second kappa shape index (κ2) is 6.58. The van der Waals surface area contributed by atoms with Crippen LogP contribution in [0.1, 0.15) is 22.7 Å². The SMILES string of the molecule is FC(F)Oc1cccc(CNC2C=Cc3c(Br)cccc32)c1. The summed E-state index contributed by atoms with van der Waals surface area (Å²) >= 11 is 3.54. The summed E-state index contributed by atoms with van der Waals surface area (Å²) in [5.41, 5.74) is 3.28. The van der Waals surface area contributed by atoms with Gasteiger partial charge < -0.3 is 10.1 Å². The van der Waals surface area contributed by atoms with Crippen molar-refractivity contribution in [2.45, 2.75) is 19.2 Å². The zero-order chi connectivity index (χ0) is 15.5. The van der Waals surface area contributed by atoms with Crippen LogP contribution in [0.25, 0.3) is 6.08 Å². The van der Waals surface area contributed by atoms with Crippen LogP contribution >= 0.6 is 15.9 Å². The van der Waals surface area contributed by atoms with Gasteiger partial charge in [-0.25, -0.2) is 0 Å². The Morgan fingerprint density at radius 1 is 1.18 bits per heavy atom. The first-order valence-electron chi connectivity index (χ1n) is 6.87. The van der Waals surface area contributed by atoms with Crippen molar-refractivity contribution in [1.82, 2.24) is 5.32 Å². The number of hydrogen-bond acceptors (Lipinski definition) is 2.